The lowest BCUT2D eigenvalue weighted by Gasteiger charge is -2.24. The van der Waals surface area contributed by atoms with Gasteiger partial charge in [0.15, 0.2) is 0 Å². The van der Waals surface area contributed by atoms with Gasteiger partial charge in [0.05, 0.1) is 0 Å². The van der Waals surface area contributed by atoms with Crippen molar-refractivity contribution in [3.8, 4) is 0 Å². The molecule has 24 heavy (non-hydrogen) atoms. The molecule has 4 rings (SSSR count). The fourth-order valence-corrected chi connectivity index (χ4v) is 3.70. The van der Waals surface area contributed by atoms with E-state index in [2.05, 4.69) is 33.6 Å². The second-order valence-corrected chi connectivity index (χ2v) is 6.78. The maximum absolute atomic E-state index is 13.8. The average molecular weight is 323 g/mol. The lowest BCUT2D eigenvalue weighted by Crippen LogP contribution is -2.27. The molecule has 3 heterocycles. The Morgan fingerprint density at radius 1 is 1.21 bits per heavy atom. The van der Waals surface area contributed by atoms with Gasteiger partial charge >= 0.3 is 0 Å². The molecule has 1 aliphatic rings. The van der Waals surface area contributed by atoms with Gasteiger partial charge in [0, 0.05) is 54.5 Å². The Hall–Kier alpha value is -2.20. The zero-order valence-corrected chi connectivity index (χ0v) is 14.2. The van der Waals surface area contributed by atoms with Gasteiger partial charge in [-0.15, -0.1) is 0 Å². The Bertz CT molecular complexity index is 880. The van der Waals surface area contributed by atoms with E-state index in [4.69, 9.17) is 0 Å². The first-order chi connectivity index (χ1) is 11.6. The molecule has 0 spiro atoms. The number of nitrogens with zero attached hydrogens (tertiary/aromatic N) is 3. The number of pyridine rings is 1. The molecular weight excluding hydrogens is 301 g/mol. The Labute approximate surface area is 141 Å². The third kappa shape index (κ3) is 2.71. The third-order valence-electron chi connectivity index (χ3n) is 5.00. The van der Waals surface area contributed by atoms with Gasteiger partial charge in [-0.05, 0) is 55.8 Å². The van der Waals surface area contributed by atoms with Crippen molar-refractivity contribution in [2.45, 2.75) is 32.9 Å². The Morgan fingerprint density at radius 2 is 2.08 bits per heavy atom. The van der Waals surface area contributed by atoms with E-state index in [9.17, 15) is 4.39 Å². The van der Waals surface area contributed by atoms with Crippen molar-refractivity contribution >= 4 is 10.9 Å². The largest absolute Gasteiger partial charge is 0.344 e. The van der Waals surface area contributed by atoms with Crippen LogP contribution in [-0.2, 0) is 25.9 Å². The van der Waals surface area contributed by atoms with Gasteiger partial charge in [0.1, 0.15) is 5.82 Å². The molecule has 124 valence electrons. The van der Waals surface area contributed by atoms with E-state index < -0.39 is 0 Å². The number of hydrogen-bond donors (Lipinski definition) is 0. The van der Waals surface area contributed by atoms with Crippen LogP contribution < -0.4 is 0 Å². The Morgan fingerprint density at radius 3 is 2.88 bits per heavy atom. The Kier molecular flexibility index (Phi) is 3.85. The summed E-state index contributed by atoms with van der Waals surface area (Å²) in [5.41, 5.74) is 6.10. The van der Waals surface area contributed by atoms with Gasteiger partial charge in [-0.3, -0.25) is 4.98 Å². The smallest absolute Gasteiger partial charge is 0.123 e. The molecule has 0 unspecified atom stereocenters. The minimum Gasteiger partial charge on any atom is -0.344 e. The fourth-order valence-electron chi connectivity index (χ4n) is 3.70. The summed E-state index contributed by atoms with van der Waals surface area (Å²) in [5, 5.41) is 1.07. The highest BCUT2D eigenvalue weighted by Crippen LogP contribution is 2.31. The maximum Gasteiger partial charge on any atom is 0.123 e. The van der Waals surface area contributed by atoms with Gasteiger partial charge in [-0.1, -0.05) is 6.07 Å². The summed E-state index contributed by atoms with van der Waals surface area (Å²) >= 11 is 0. The zero-order chi connectivity index (χ0) is 16.7. The van der Waals surface area contributed by atoms with Gasteiger partial charge < -0.3 is 9.47 Å². The predicted octanol–water partition coefficient (Wildman–Crippen LogP) is 3.71. The van der Waals surface area contributed by atoms with Crippen LogP contribution in [0, 0.1) is 12.7 Å². The van der Waals surface area contributed by atoms with Crippen molar-refractivity contribution < 1.29 is 4.39 Å². The molecule has 2 aromatic heterocycles. The number of aryl methyl sites for hydroxylation is 3. The molecule has 0 saturated heterocycles. The molecule has 0 bridgehead atoms. The first kappa shape index (κ1) is 15.3. The van der Waals surface area contributed by atoms with E-state index in [1.807, 2.05) is 19.2 Å². The van der Waals surface area contributed by atoms with Crippen LogP contribution in [0.4, 0.5) is 4.39 Å². The Balaban J connectivity index is 1.73. The number of benzene rings is 1. The third-order valence-corrected chi connectivity index (χ3v) is 5.00. The molecule has 1 aromatic carbocycles. The van der Waals surface area contributed by atoms with Crippen LogP contribution >= 0.6 is 0 Å². The quantitative estimate of drug-likeness (QED) is 0.732. The lowest BCUT2D eigenvalue weighted by molar-refractivity contribution is 0.309. The average Bonchev–Trinajstić information content (AvgIpc) is 2.87. The molecule has 3 nitrogen and oxygen atoms in total. The van der Waals surface area contributed by atoms with E-state index in [0.717, 1.165) is 49.1 Å². The van der Waals surface area contributed by atoms with Gasteiger partial charge in [0.25, 0.3) is 0 Å². The SMILES string of the molecule is Cc1ccc(CCn2c3c(c4cc(F)ccc42)CN(C)CC3)cn1. The molecule has 3 aromatic rings. The van der Waals surface area contributed by atoms with Crippen LogP contribution in [0.1, 0.15) is 22.5 Å². The van der Waals surface area contributed by atoms with Gasteiger partial charge in [0.2, 0.25) is 0 Å². The minimum absolute atomic E-state index is 0.154. The highest BCUT2D eigenvalue weighted by atomic mass is 19.1. The van der Waals surface area contributed by atoms with E-state index in [-0.39, 0.29) is 5.82 Å². The van der Waals surface area contributed by atoms with Crippen molar-refractivity contribution in [2.24, 2.45) is 0 Å². The van der Waals surface area contributed by atoms with Crippen LogP contribution in [0.15, 0.2) is 36.5 Å². The molecular formula is C20H22FN3. The summed E-state index contributed by atoms with van der Waals surface area (Å²) in [6.45, 7) is 4.86. The number of likely N-dealkylation sites (N-methyl/N-ethyl adjacent to an activating group) is 1. The lowest BCUT2D eigenvalue weighted by atomic mass is 10.0. The van der Waals surface area contributed by atoms with Crippen LogP contribution in [0.5, 0.6) is 0 Å². The number of aromatic nitrogens is 2. The van der Waals surface area contributed by atoms with Crippen molar-refractivity contribution in [3.05, 3.63) is 64.9 Å². The normalized spacial score (nSPS) is 15.0. The van der Waals surface area contributed by atoms with Crippen LogP contribution in [0.25, 0.3) is 10.9 Å². The number of halogens is 1. The number of fused-ring (bicyclic) bond motifs is 3. The van der Waals surface area contributed by atoms with Crippen molar-refractivity contribution in [1.82, 2.24) is 14.5 Å². The molecule has 0 N–H and O–H groups in total. The molecule has 0 fully saturated rings. The molecule has 1 aliphatic heterocycles. The van der Waals surface area contributed by atoms with Crippen molar-refractivity contribution in [3.63, 3.8) is 0 Å². The predicted molar refractivity (Wildman–Crippen MR) is 94.6 cm³/mol. The van der Waals surface area contributed by atoms with E-state index in [0.29, 0.717) is 0 Å². The summed E-state index contributed by atoms with van der Waals surface area (Å²) in [7, 11) is 2.13. The molecule has 0 saturated carbocycles. The van der Waals surface area contributed by atoms with E-state index in [1.165, 1.54) is 16.8 Å². The maximum atomic E-state index is 13.8. The number of rotatable bonds is 3. The summed E-state index contributed by atoms with van der Waals surface area (Å²) in [6.07, 6.45) is 3.92. The van der Waals surface area contributed by atoms with Crippen molar-refractivity contribution in [2.75, 3.05) is 13.6 Å². The standard InChI is InChI=1S/C20H22FN3/c1-14-3-4-15(12-22-14)7-10-24-19-6-5-16(21)11-17(19)18-13-23(2)9-8-20(18)24/h3-6,11-12H,7-10,13H2,1-2H3. The minimum atomic E-state index is -0.154. The topological polar surface area (TPSA) is 21.1 Å². The molecule has 0 radical (unpaired) electrons. The summed E-state index contributed by atoms with van der Waals surface area (Å²) < 4.78 is 16.2. The van der Waals surface area contributed by atoms with Crippen LogP contribution in [0.2, 0.25) is 0 Å². The van der Waals surface area contributed by atoms with Gasteiger partial charge in [-0.2, -0.15) is 0 Å². The van der Waals surface area contributed by atoms with Crippen LogP contribution in [-0.4, -0.2) is 28.0 Å². The van der Waals surface area contributed by atoms with E-state index in [1.54, 1.807) is 12.1 Å². The zero-order valence-electron chi connectivity index (χ0n) is 14.2. The monoisotopic (exact) mass is 323 g/mol. The molecule has 0 amide bonds. The first-order valence-electron chi connectivity index (χ1n) is 8.51. The summed E-state index contributed by atoms with van der Waals surface area (Å²) in [5.74, 6) is -0.154. The molecule has 4 heteroatoms. The van der Waals surface area contributed by atoms with Crippen molar-refractivity contribution in [1.29, 1.82) is 0 Å². The van der Waals surface area contributed by atoms with Gasteiger partial charge in [-0.25, -0.2) is 4.39 Å². The highest BCUT2D eigenvalue weighted by molar-refractivity contribution is 5.86. The summed E-state index contributed by atoms with van der Waals surface area (Å²) in [6, 6.07) is 9.39. The number of hydrogen-bond acceptors (Lipinski definition) is 2. The summed E-state index contributed by atoms with van der Waals surface area (Å²) in [4.78, 5) is 6.69. The second kappa shape index (κ2) is 6.02. The molecule has 0 aliphatic carbocycles. The molecule has 0 atom stereocenters. The highest BCUT2D eigenvalue weighted by Gasteiger charge is 2.22. The fraction of sp³-hybridized carbons (Fsp3) is 0.350. The van der Waals surface area contributed by atoms with E-state index >= 15 is 0 Å². The van der Waals surface area contributed by atoms with Crippen LogP contribution in [0.3, 0.4) is 0 Å². The first-order valence-corrected chi connectivity index (χ1v) is 8.51. The second-order valence-electron chi connectivity index (χ2n) is 6.78.